The van der Waals surface area contributed by atoms with Gasteiger partial charge >= 0.3 is 0 Å². The predicted octanol–water partition coefficient (Wildman–Crippen LogP) is -0.347. The maximum Gasteiger partial charge on any atom is 0.102 e. The van der Waals surface area contributed by atoms with E-state index < -0.39 is 6.23 Å². The first-order valence-corrected chi connectivity index (χ1v) is 3.35. The molecule has 0 radical (unpaired) electrons. The number of nitrogens with one attached hydrogen (secondary N) is 1. The third kappa shape index (κ3) is 7.88. The molecule has 0 aliphatic carbocycles. The molecule has 56 valence electrons. The second kappa shape index (κ2) is 6.01. The highest BCUT2D eigenvalue weighted by molar-refractivity contribution is 4.47. The highest BCUT2D eigenvalue weighted by Gasteiger charge is 1.93. The van der Waals surface area contributed by atoms with Gasteiger partial charge in [0.15, 0.2) is 0 Å². The number of rotatable bonds is 5. The average Bonchev–Trinajstić information content (AvgIpc) is 1.80. The highest BCUT2D eigenvalue weighted by atomic mass is 16.3. The Morgan fingerprint density at radius 2 is 2.22 bits per heavy atom. The van der Waals surface area contributed by atoms with E-state index in [1.165, 1.54) is 0 Å². The Morgan fingerprint density at radius 3 is 2.67 bits per heavy atom. The van der Waals surface area contributed by atoms with Gasteiger partial charge in [-0.1, -0.05) is 0 Å². The van der Waals surface area contributed by atoms with Crippen LogP contribution in [-0.4, -0.2) is 24.9 Å². The molecule has 0 bridgehead atoms. The zero-order chi connectivity index (χ0) is 7.11. The van der Waals surface area contributed by atoms with E-state index in [4.69, 9.17) is 10.8 Å². The van der Waals surface area contributed by atoms with Gasteiger partial charge in [0.25, 0.3) is 0 Å². The number of hydrogen-bond acceptors (Lipinski definition) is 3. The molecule has 0 saturated carbocycles. The summed E-state index contributed by atoms with van der Waals surface area (Å²) in [7, 11) is 1.92. The van der Waals surface area contributed by atoms with Crippen molar-refractivity contribution in [3.63, 3.8) is 0 Å². The van der Waals surface area contributed by atoms with Crippen LogP contribution >= 0.6 is 0 Å². The zero-order valence-electron chi connectivity index (χ0n) is 5.93. The van der Waals surface area contributed by atoms with Gasteiger partial charge in [-0.3, -0.25) is 0 Å². The van der Waals surface area contributed by atoms with Gasteiger partial charge in [0.1, 0.15) is 6.23 Å². The van der Waals surface area contributed by atoms with Crippen LogP contribution in [0.5, 0.6) is 0 Å². The average molecular weight is 132 g/mol. The molecule has 0 rings (SSSR count). The van der Waals surface area contributed by atoms with Crippen LogP contribution in [0.3, 0.4) is 0 Å². The molecule has 0 saturated heterocycles. The Balaban J connectivity index is 2.75. The minimum absolute atomic E-state index is 0.623. The Labute approximate surface area is 56.2 Å². The lowest BCUT2D eigenvalue weighted by Gasteiger charge is -2.02. The van der Waals surface area contributed by atoms with Gasteiger partial charge in [-0.05, 0) is 32.9 Å². The lowest BCUT2D eigenvalue weighted by molar-refractivity contribution is 0.168. The normalized spacial score (nSPS) is 13.7. The molecule has 0 aromatic heterocycles. The number of unbranched alkanes of at least 4 members (excludes halogenated alkanes) is 1. The fourth-order valence-electron chi connectivity index (χ4n) is 0.655. The molecular weight excluding hydrogens is 116 g/mol. The second-order valence-corrected chi connectivity index (χ2v) is 2.17. The van der Waals surface area contributed by atoms with Gasteiger partial charge in [-0.15, -0.1) is 0 Å². The van der Waals surface area contributed by atoms with E-state index >= 15 is 0 Å². The lowest BCUT2D eigenvalue weighted by atomic mass is 10.2. The van der Waals surface area contributed by atoms with Crippen LogP contribution in [0.15, 0.2) is 0 Å². The maximum atomic E-state index is 8.61. The third-order valence-electron chi connectivity index (χ3n) is 1.18. The molecule has 0 amide bonds. The summed E-state index contributed by atoms with van der Waals surface area (Å²) in [6.07, 6.45) is 2.17. The predicted molar refractivity (Wildman–Crippen MR) is 38.0 cm³/mol. The van der Waals surface area contributed by atoms with E-state index in [0.717, 1.165) is 19.4 Å². The summed E-state index contributed by atoms with van der Waals surface area (Å²) in [6.45, 7) is 1.01. The van der Waals surface area contributed by atoms with Crippen molar-refractivity contribution in [1.82, 2.24) is 5.32 Å². The molecule has 4 N–H and O–H groups in total. The van der Waals surface area contributed by atoms with Crippen molar-refractivity contribution >= 4 is 0 Å². The Morgan fingerprint density at radius 1 is 1.56 bits per heavy atom. The molecule has 3 heteroatoms. The first-order valence-electron chi connectivity index (χ1n) is 3.35. The SMILES string of the molecule is CNCCCC[C@@H](N)O. The summed E-state index contributed by atoms with van der Waals surface area (Å²) in [5.74, 6) is 0. The summed E-state index contributed by atoms with van der Waals surface area (Å²) < 4.78 is 0. The molecule has 0 heterocycles. The van der Waals surface area contributed by atoms with E-state index in [1.807, 2.05) is 7.05 Å². The third-order valence-corrected chi connectivity index (χ3v) is 1.18. The van der Waals surface area contributed by atoms with Crippen LogP contribution < -0.4 is 11.1 Å². The van der Waals surface area contributed by atoms with Crippen molar-refractivity contribution in [2.24, 2.45) is 5.73 Å². The Kier molecular flexibility index (Phi) is 5.93. The van der Waals surface area contributed by atoms with E-state index in [0.29, 0.717) is 6.42 Å². The van der Waals surface area contributed by atoms with Crippen molar-refractivity contribution in [1.29, 1.82) is 0 Å². The Hall–Kier alpha value is -0.120. The number of nitrogens with two attached hydrogens (primary N) is 1. The summed E-state index contributed by atoms with van der Waals surface area (Å²) in [5.41, 5.74) is 5.11. The van der Waals surface area contributed by atoms with Crippen molar-refractivity contribution < 1.29 is 5.11 Å². The minimum atomic E-state index is -0.623. The first kappa shape index (κ1) is 8.88. The highest BCUT2D eigenvalue weighted by Crippen LogP contribution is 1.94. The summed E-state index contributed by atoms with van der Waals surface area (Å²) in [4.78, 5) is 0. The molecule has 0 aromatic rings. The molecule has 0 spiro atoms. The summed E-state index contributed by atoms with van der Waals surface area (Å²) >= 11 is 0. The number of hydrogen-bond donors (Lipinski definition) is 3. The standard InChI is InChI=1S/C6H16N2O/c1-8-5-3-2-4-6(7)9/h6,8-9H,2-5,7H2,1H3/t6-/m0/s1. The van der Waals surface area contributed by atoms with Gasteiger partial charge in [0.05, 0.1) is 0 Å². The van der Waals surface area contributed by atoms with Gasteiger partial charge in [-0.25, -0.2) is 0 Å². The van der Waals surface area contributed by atoms with Gasteiger partial charge in [-0.2, -0.15) is 0 Å². The number of aliphatic hydroxyl groups excluding tert-OH is 1. The molecular formula is C6H16N2O. The smallest absolute Gasteiger partial charge is 0.102 e. The fourth-order valence-corrected chi connectivity index (χ4v) is 0.655. The topological polar surface area (TPSA) is 58.3 Å². The maximum absolute atomic E-state index is 8.61. The Bertz CT molecular complexity index is 57.0. The lowest BCUT2D eigenvalue weighted by Crippen LogP contribution is -2.18. The molecule has 0 aromatic carbocycles. The van der Waals surface area contributed by atoms with E-state index in [1.54, 1.807) is 0 Å². The van der Waals surface area contributed by atoms with E-state index in [2.05, 4.69) is 5.32 Å². The molecule has 0 aliphatic heterocycles. The molecule has 9 heavy (non-hydrogen) atoms. The van der Waals surface area contributed by atoms with Crippen molar-refractivity contribution in [2.45, 2.75) is 25.5 Å². The van der Waals surface area contributed by atoms with Crippen molar-refractivity contribution in [2.75, 3.05) is 13.6 Å². The number of aliphatic hydroxyl groups is 1. The minimum Gasteiger partial charge on any atom is -0.379 e. The van der Waals surface area contributed by atoms with E-state index in [-0.39, 0.29) is 0 Å². The summed E-state index contributed by atoms with van der Waals surface area (Å²) in [5, 5.41) is 11.6. The zero-order valence-corrected chi connectivity index (χ0v) is 5.93. The monoisotopic (exact) mass is 132 g/mol. The first-order chi connectivity index (χ1) is 4.27. The van der Waals surface area contributed by atoms with Crippen molar-refractivity contribution in [3.8, 4) is 0 Å². The molecule has 1 atom stereocenters. The van der Waals surface area contributed by atoms with Crippen LogP contribution in [0.2, 0.25) is 0 Å². The second-order valence-electron chi connectivity index (χ2n) is 2.17. The van der Waals surface area contributed by atoms with Gasteiger partial charge in [0.2, 0.25) is 0 Å². The van der Waals surface area contributed by atoms with E-state index in [9.17, 15) is 0 Å². The molecule has 0 fully saturated rings. The molecule has 0 aliphatic rings. The molecule has 3 nitrogen and oxygen atoms in total. The van der Waals surface area contributed by atoms with Crippen LogP contribution in [0.25, 0.3) is 0 Å². The quantitative estimate of drug-likeness (QED) is 0.354. The van der Waals surface area contributed by atoms with Crippen molar-refractivity contribution in [3.05, 3.63) is 0 Å². The summed E-state index contributed by atoms with van der Waals surface area (Å²) in [6, 6.07) is 0. The van der Waals surface area contributed by atoms with Crippen LogP contribution in [0, 0.1) is 0 Å². The van der Waals surface area contributed by atoms with Gasteiger partial charge < -0.3 is 16.2 Å². The largest absolute Gasteiger partial charge is 0.379 e. The molecule has 0 unspecified atom stereocenters. The van der Waals surface area contributed by atoms with Crippen LogP contribution in [-0.2, 0) is 0 Å². The fraction of sp³-hybridized carbons (Fsp3) is 1.00. The van der Waals surface area contributed by atoms with Gasteiger partial charge in [0, 0.05) is 0 Å². The van der Waals surface area contributed by atoms with Crippen LogP contribution in [0.4, 0.5) is 0 Å². The van der Waals surface area contributed by atoms with Crippen LogP contribution in [0.1, 0.15) is 19.3 Å².